The number of halogens is 1. The lowest BCUT2D eigenvalue weighted by Gasteiger charge is -2.07. The first kappa shape index (κ1) is 17.0. The molecule has 2 N–H and O–H groups in total. The zero-order chi connectivity index (χ0) is 19.0. The molecular weight excluding hydrogens is 347 g/mol. The van der Waals surface area contributed by atoms with Crippen LogP contribution in [0.5, 0.6) is 0 Å². The molecule has 6 nitrogen and oxygen atoms in total. The van der Waals surface area contributed by atoms with Gasteiger partial charge < -0.3 is 10.3 Å². The highest BCUT2D eigenvalue weighted by Crippen LogP contribution is 2.22. The predicted molar refractivity (Wildman–Crippen MR) is 101 cm³/mol. The fraction of sp³-hybridized carbons (Fsp3) is 0.150. The molecule has 0 spiro atoms. The molecule has 0 saturated heterocycles. The van der Waals surface area contributed by atoms with Gasteiger partial charge in [-0.05, 0) is 36.8 Å². The van der Waals surface area contributed by atoms with Gasteiger partial charge >= 0.3 is 0 Å². The van der Waals surface area contributed by atoms with Crippen molar-refractivity contribution >= 4 is 27.8 Å². The molecule has 2 aromatic carbocycles. The summed E-state index contributed by atoms with van der Waals surface area (Å²) >= 11 is 0. The lowest BCUT2D eigenvalue weighted by molar-refractivity contribution is -0.121. The van der Waals surface area contributed by atoms with Crippen molar-refractivity contribution in [2.24, 2.45) is 0 Å². The summed E-state index contributed by atoms with van der Waals surface area (Å²) in [6, 6.07) is 11.7. The molecule has 0 unspecified atom stereocenters. The summed E-state index contributed by atoms with van der Waals surface area (Å²) in [5.74, 6) is -0.654. The number of benzene rings is 2. The second-order valence-electron chi connectivity index (χ2n) is 6.48. The van der Waals surface area contributed by atoms with E-state index in [2.05, 4.69) is 15.3 Å². The highest BCUT2D eigenvalue weighted by atomic mass is 19.1. The number of fused-ring (bicyclic) bond motifs is 3. The van der Waals surface area contributed by atoms with Crippen molar-refractivity contribution in [3.05, 3.63) is 76.1 Å². The first-order valence-corrected chi connectivity index (χ1v) is 8.50. The minimum Gasteiger partial charge on any atom is -0.350 e. The van der Waals surface area contributed by atoms with Crippen LogP contribution in [0.15, 0.2) is 53.6 Å². The first-order valence-electron chi connectivity index (χ1n) is 8.50. The normalized spacial score (nSPS) is 11.2. The van der Waals surface area contributed by atoms with E-state index in [1.54, 1.807) is 12.1 Å². The molecule has 7 heteroatoms. The summed E-state index contributed by atoms with van der Waals surface area (Å²) in [5, 5.41) is 3.60. The van der Waals surface area contributed by atoms with Gasteiger partial charge in [-0.25, -0.2) is 9.37 Å². The predicted octanol–water partition coefficient (Wildman–Crippen LogP) is 2.64. The molecule has 4 aromatic rings. The number of amides is 1. The van der Waals surface area contributed by atoms with Crippen molar-refractivity contribution in [3.8, 4) is 0 Å². The molecule has 0 aliphatic rings. The Morgan fingerprint density at radius 3 is 2.78 bits per heavy atom. The van der Waals surface area contributed by atoms with E-state index in [1.165, 1.54) is 23.0 Å². The molecular formula is C20H17FN4O2. The van der Waals surface area contributed by atoms with Gasteiger partial charge in [-0.15, -0.1) is 0 Å². The Morgan fingerprint density at radius 1 is 1.22 bits per heavy atom. The molecule has 1 amide bonds. The van der Waals surface area contributed by atoms with Crippen LogP contribution in [0.1, 0.15) is 11.1 Å². The topological polar surface area (TPSA) is 79.8 Å². The Balaban J connectivity index is 1.55. The second kappa shape index (κ2) is 6.68. The lowest BCUT2D eigenvalue weighted by Crippen LogP contribution is -2.32. The number of hydrogen-bond donors (Lipinski definition) is 2. The zero-order valence-electron chi connectivity index (χ0n) is 14.6. The van der Waals surface area contributed by atoms with Crippen LogP contribution in [0, 0.1) is 12.7 Å². The smallest absolute Gasteiger partial charge is 0.278 e. The zero-order valence-corrected chi connectivity index (χ0v) is 14.6. The van der Waals surface area contributed by atoms with Gasteiger partial charge in [0.05, 0.1) is 6.33 Å². The van der Waals surface area contributed by atoms with Gasteiger partial charge in [-0.2, -0.15) is 0 Å². The Labute approximate surface area is 153 Å². The maximum atomic E-state index is 12.9. The number of hydrogen-bond acceptors (Lipinski definition) is 3. The van der Waals surface area contributed by atoms with E-state index in [0.717, 1.165) is 22.0 Å². The van der Waals surface area contributed by atoms with Gasteiger partial charge in [0.1, 0.15) is 23.4 Å². The summed E-state index contributed by atoms with van der Waals surface area (Å²) in [7, 11) is 0. The summed E-state index contributed by atoms with van der Waals surface area (Å²) in [4.78, 5) is 32.3. The number of rotatable bonds is 4. The Hall–Kier alpha value is -3.48. The van der Waals surface area contributed by atoms with Crippen LogP contribution in [0.4, 0.5) is 4.39 Å². The molecule has 2 heterocycles. The van der Waals surface area contributed by atoms with Gasteiger partial charge in [0, 0.05) is 17.4 Å². The number of nitrogens with zero attached hydrogens (tertiary/aromatic N) is 2. The van der Waals surface area contributed by atoms with Crippen molar-refractivity contribution in [2.45, 2.75) is 20.0 Å². The molecule has 0 aliphatic carbocycles. The molecule has 4 rings (SSSR count). The Bertz CT molecular complexity index is 1210. The van der Waals surface area contributed by atoms with Gasteiger partial charge in [0.2, 0.25) is 5.91 Å². The lowest BCUT2D eigenvalue weighted by atomic mass is 10.2. The van der Waals surface area contributed by atoms with Crippen LogP contribution in [0.2, 0.25) is 0 Å². The van der Waals surface area contributed by atoms with E-state index in [0.29, 0.717) is 11.0 Å². The third kappa shape index (κ3) is 3.31. The van der Waals surface area contributed by atoms with Crippen LogP contribution in [-0.2, 0) is 17.9 Å². The van der Waals surface area contributed by atoms with Crippen molar-refractivity contribution in [2.75, 3.05) is 0 Å². The fourth-order valence-electron chi connectivity index (χ4n) is 3.03. The number of carbonyl (C=O) groups excluding carboxylic acids is 1. The number of aromatic amines is 1. The van der Waals surface area contributed by atoms with Gasteiger partial charge in [0.15, 0.2) is 0 Å². The van der Waals surface area contributed by atoms with E-state index in [4.69, 9.17) is 0 Å². The van der Waals surface area contributed by atoms with E-state index in [9.17, 15) is 14.0 Å². The quantitative estimate of drug-likeness (QED) is 0.584. The minimum absolute atomic E-state index is 0.142. The monoisotopic (exact) mass is 364 g/mol. The van der Waals surface area contributed by atoms with Crippen LogP contribution in [0.25, 0.3) is 21.9 Å². The maximum Gasteiger partial charge on any atom is 0.278 e. The van der Waals surface area contributed by atoms with Crippen LogP contribution < -0.4 is 10.9 Å². The standard InChI is InChI=1S/C20H17FN4O2/c1-12-2-7-16-15(8-12)18-19(24-16)20(27)25(11-23-18)10-17(26)22-9-13-3-5-14(21)6-4-13/h2-8,11,24H,9-10H2,1H3,(H,22,26). The Kier molecular flexibility index (Phi) is 4.19. The molecule has 2 aromatic heterocycles. The minimum atomic E-state index is -0.329. The van der Waals surface area contributed by atoms with E-state index < -0.39 is 0 Å². The summed E-state index contributed by atoms with van der Waals surface area (Å²) in [5.41, 5.74) is 3.36. The first-order chi connectivity index (χ1) is 13.0. The van der Waals surface area contributed by atoms with Gasteiger partial charge in [0.25, 0.3) is 5.56 Å². The van der Waals surface area contributed by atoms with Crippen LogP contribution >= 0.6 is 0 Å². The highest BCUT2D eigenvalue weighted by molar-refractivity contribution is 6.04. The molecule has 27 heavy (non-hydrogen) atoms. The molecule has 0 fully saturated rings. The average Bonchev–Trinajstić information content (AvgIpc) is 3.02. The summed E-state index contributed by atoms with van der Waals surface area (Å²) in [6.45, 7) is 2.09. The van der Waals surface area contributed by atoms with Crippen molar-refractivity contribution in [1.82, 2.24) is 19.9 Å². The van der Waals surface area contributed by atoms with Gasteiger partial charge in [-0.3, -0.25) is 14.2 Å². The second-order valence-corrected chi connectivity index (χ2v) is 6.48. The maximum absolute atomic E-state index is 12.9. The SMILES string of the molecule is Cc1ccc2[nH]c3c(=O)n(CC(=O)NCc4ccc(F)cc4)cnc3c2c1. The molecule has 0 bridgehead atoms. The number of nitrogens with one attached hydrogen (secondary N) is 2. The summed E-state index contributed by atoms with van der Waals surface area (Å²) < 4.78 is 14.2. The molecule has 136 valence electrons. The number of carbonyl (C=O) groups is 1. The van der Waals surface area contributed by atoms with Crippen LogP contribution in [0.3, 0.4) is 0 Å². The Morgan fingerprint density at radius 2 is 2.00 bits per heavy atom. The number of aryl methyl sites for hydroxylation is 1. The van der Waals surface area contributed by atoms with Crippen molar-refractivity contribution in [1.29, 1.82) is 0 Å². The van der Waals surface area contributed by atoms with Crippen molar-refractivity contribution in [3.63, 3.8) is 0 Å². The van der Waals surface area contributed by atoms with E-state index in [1.807, 2.05) is 25.1 Å². The van der Waals surface area contributed by atoms with E-state index >= 15 is 0 Å². The largest absolute Gasteiger partial charge is 0.350 e. The fourth-order valence-corrected chi connectivity index (χ4v) is 3.03. The number of H-pyrrole nitrogens is 1. The van der Waals surface area contributed by atoms with Gasteiger partial charge in [-0.1, -0.05) is 23.8 Å². The highest BCUT2D eigenvalue weighted by Gasteiger charge is 2.12. The third-order valence-corrected chi connectivity index (χ3v) is 4.44. The van der Waals surface area contributed by atoms with E-state index in [-0.39, 0.29) is 30.4 Å². The average molecular weight is 364 g/mol. The molecule has 0 radical (unpaired) electrons. The number of aromatic nitrogens is 3. The molecule has 0 aliphatic heterocycles. The molecule has 0 saturated carbocycles. The third-order valence-electron chi connectivity index (χ3n) is 4.44. The van der Waals surface area contributed by atoms with Crippen LogP contribution in [-0.4, -0.2) is 20.4 Å². The summed E-state index contributed by atoms with van der Waals surface area (Å²) in [6.07, 6.45) is 1.39. The van der Waals surface area contributed by atoms with Crippen molar-refractivity contribution < 1.29 is 9.18 Å². The molecule has 0 atom stereocenters.